The van der Waals surface area contributed by atoms with Crippen molar-refractivity contribution >= 4 is 22.7 Å². The molecule has 0 spiro atoms. The van der Waals surface area contributed by atoms with E-state index in [2.05, 4.69) is 16.4 Å². The minimum atomic E-state index is 0.496. The first kappa shape index (κ1) is 11.4. The Hall–Kier alpha value is -2.06. The zero-order chi connectivity index (χ0) is 12.3. The molecule has 1 aromatic carbocycles. The molecule has 2 rings (SSSR count). The molecule has 0 unspecified atom stereocenters. The van der Waals surface area contributed by atoms with E-state index in [1.807, 2.05) is 19.2 Å². The van der Waals surface area contributed by atoms with Crippen LogP contribution in [0.4, 0.5) is 11.4 Å². The Labute approximate surface area is 104 Å². The average molecular weight is 244 g/mol. The molecule has 0 fully saturated rings. The van der Waals surface area contributed by atoms with Crippen molar-refractivity contribution in [1.29, 1.82) is 5.26 Å². The summed E-state index contributed by atoms with van der Waals surface area (Å²) in [4.78, 5) is 5.35. The molecule has 0 saturated carbocycles. The maximum atomic E-state index is 8.87. The number of hydrogen-bond donors (Lipinski definition) is 2. The van der Waals surface area contributed by atoms with Crippen LogP contribution in [-0.2, 0) is 6.54 Å². The average Bonchev–Trinajstić information content (AvgIpc) is 2.74. The van der Waals surface area contributed by atoms with E-state index in [1.165, 1.54) is 0 Å². The quantitative estimate of drug-likeness (QED) is 0.813. The number of thiazole rings is 1. The number of nitrogens with two attached hydrogens (primary N) is 1. The van der Waals surface area contributed by atoms with Crippen molar-refractivity contribution in [3.63, 3.8) is 0 Å². The number of rotatable bonds is 3. The number of aromatic nitrogens is 1. The highest BCUT2D eigenvalue weighted by atomic mass is 32.1. The number of nitrogens with zero attached hydrogens (tertiary/aromatic N) is 2. The number of aryl methyl sites for hydroxylation is 1. The van der Waals surface area contributed by atoms with Gasteiger partial charge in [-0.05, 0) is 25.1 Å². The highest BCUT2D eigenvalue weighted by molar-refractivity contribution is 7.11. The predicted octanol–water partition coefficient (Wildman–Crippen LogP) is 2.52. The van der Waals surface area contributed by atoms with Crippen molar-refractivity contribution in [1.82, 2.24) is 4.98 Å². The molecule has 0 saturated heterocycles. The second-order valence-electron chi connectivity index (χ2n) is 3.61. The first-order valence-corrected chi connectivity index (χ1v) is 5.95. The SMILES string of the molecule is Cc1ncc(CNc2ccc(N)c(C#N)c2)s1. The van der Waals surface area contributed by atoms with Gasteiger partial charge in [0, 0.05) is 22.4 Å². The van der Waals surface area contributed by atoms with E-state index in [-0.39, 0.29) is 0 Å². The summed E-state index contributed by atoms with van der Waals surface area (Å²) in [5.74, 6) is 0. The number of nitrogens with one attached hydrogen (secondary N) is 1. The molecule has 0 bridgehead atoms. The molecule has 0 amide bonds. The van der Waals surface area contributed by atoms with Gasteiger partial charge in [0.15, 0.2) is 0 Å². The summed E-state index contributed by atoms with van der Waals surface area (Å²) in [6.07, 6.45) is 1.86. The summed E-state index contributed by atoms with van der Waals surface area (Å²) in [6, 6.07) is 7.42. The van der Waals surface area contributed by atoms with Crippen molar-refractivity contribution in [2.24, 2.45) is 0 Å². The van der Waals surface area contributed by atoms with E-state index in [0.717, 1.165) is 15.6 Å². The normalized spacial score (nSPS) is 9.88. The lowest BCUT2D eigenvalue weighted by Crippen LogP contribution is -1.99. The number of nitrogen functional groups attached to an aromatic ring is 1. The van der Waals surface area contributed by atoms with Crippen LogP contribution in [0.25, 0.3) is 0 Å². The van der Waals surface area contributed by atoms with E-state index >= 15 is 0 Å². The molecule has 0 radical (unpaired) electrons. The standard InChI is InChI=1S/C12H12N4S/c1-8-15-6-11(17-8)7-16-10-2-3-12(14)9(4-10)5-13/h2-4,6,16H,7,14H2,1H3. The van der Waals surface area contributed by atoms with E-state index in [4.69, 9.17) is 11.0 Å². The van der Waals surface area contributed by atoms with Crippen molar-refractivity contribution in [3.05, 3.63) is 39.8 Å². The third-order valence-corrected chi connectivity index (χ3v) is 3.22. The fourth-order valence-electron chi connectivity index (χ4n) is 1.44. The van der Waals surface area contributed by atoms with Crippen molar-refractivity contribution in [2.45, 2.75) is 13.5 Å². The van der Waals surface area contributed by atoms with Gasteiger partial charge in [0.05, 0.1) is 17.1 Å². The first-order valence-electron chi connectivity index (χ1n) is 5.14. The van der Waals surface area contributed by atoms with Gasteiger partial charge in [-0.15, -0.1) is 11.3 Å². The van der Waals surface area contributed by atoms with Crippen molar-refractivity contribution in [3.8, 4) is 6.07 Å². The monoisotopic (exact) mass is 244 g/mol. The van der Waals surface area contributed by atoms with E-state index in [1.54, 1.807) is 23.5 Å². The Balaban J connectivity index is 2.07. The highest BCUT2D eigenvalue weighted by Gasteiger charge is 2.01. The molecule has 0 aliphatic rings. The third-order valence-electron chi connectivity index (χ3n) is 2.31. The molecule has 1 heterocycles. The molecule has 0 aliphatic carbocycles. The minimum absolute atomic E-state index is 0.496. The number of anilines is 2. The van der Waals surface area contributed by atoms with E-state index in [9.17, 15) is 0 Å². The Morgan fingerprint density at radius 1 is 1.53 bits per heavy atom. The molecule has 0 aliphatic heterocycles. The molecular formula is C12H12N4S. The van der Waals surface area contributed by atoms with Crippen LogP contribution in [-0.4, -0.2) is 4.98 Å². The lowest BCUT2D eigenvalue weighted by Gasteiger charge is -2.05. The summed E-state index contributed by atoms with van der Waals surface area (Å²) in [6.45, 7) is 2.69. The molecule has 5 heteroatoms. The van der Waals surface area contributed by atoms with Gasteiger partial charge in [0.1, 0.15) is 6.07 Å². The minimum Gasteiger partial charge on any atom is -0.398 e. The number of benzene rings is 1. The zero-order valence-electron chi connectivity index (χ0n) is 9.40. The van der Waals surface area contributed by atoms with Gasteiger partial charge in [-0.1, -0.05) is 0 Å². The molecule has 4 nitrogen and oxygen atoms in total. The second kappa shape index (κ2) is 4.85. The van der Waals surface area contributed by atoms with Gasteiger partial charge in [-0.25, -0.2) is 4.98 Å². The lowest BCUT2D eigenvalue weighted by atomic mass is 10.2. The van der Waals surface area contributed by atoms with Gasteiger partial charge in [-0.2, -0.15) is 5.26 Å². The third kappa shape index (κ3) is 2.74. The summed E-state index contributed by atoms with van der Waals surface area (Å²) >= 11 is 1.66. The lowest BCUT2D eigenvalue weighted by molar-refractivity contribution is 1.17. The van der Waals surface area contributed by atoms with Gasteiger partial charge in [0.25, 0.3) is 0 Å². The van der Waals surface area contributed by atoms with E-state index < -0.39 is 0 Å². The molecule has 3 N–H and O–H groups in total. The smallest absolute Gasteiger partial charge is 0.101 e. The Morgan fingerprint density at radius 2 is 2.35 bits per heavy atom. The molecule has 86 valence electrons. The van der Waals surface area contributed by atoms with Crippen LogP contribution >= 0.6 is 11.3 Å². The van der Waals surface area contributed by atoms with Crippen LogP contribution in [0.5, 0.6) is 0 Å². The molecule has 17 heavy (non-hydrogen) atoms. The van der Waals surface area contributed by atoms with Crippen LogP contribution in [0, 0.1) is 18.3 Å². The van der Waals surface area contributed by atoms with E-state index in [0.29, 0.717) is 17.8 Å². The van der Waals surface area contributed by atoms with Crippen LogP contribution in [0.2, 0.25) is 0 Å². The van der Waals surface area contributed by atoms with Crippen LogP contribution < -0.4 is 11.1 Å². The summed E-state index contributed by atoms with van der Waals surface area (Å²) in [5, 5.41) is 13.2. The summed E-state index contributed by atoms with van der Waals surface area (Å²) in [5.41, 5.74) is 7.54. The number of hydrogen-bond acceptors (Lipinski definition) is 5. The zero-order valence-corrected chi connectivity index (χ0v) is 10.2. The topological polar surface area (TPSA) is 74.7 Å². The molecule has 1 aromatic heterocycles. The largest absolute Gasteiger partial charge is 0.398 e. The van der Waals surface area contributed by atoms with Crippen molar-refractivity contribution < 1.29 is 0 Å². The maximum absolute atomic E-state index is 8.87. The van der Waals surface area contributed by atoms with Gasteiger partial charge < -0.3 is 11.1 Å². The summed E-state index contributed by atoms with van der Waals surface area (Å²) < 4.78 is 0. The van der Waals surface area contributed by atoms with Crippen LogP contribution in [0.15, 0.2) is 24.4 Å². The Morgan fingerprint density at radius 3 is 3.00 bits per heavy atom. The van der Waals surface area contributed by atoms with Crippen molar-refractivity contribution in [2.75, 3.05) is 11.1 Å². The van der Waals surface area contributed by atoms with Crippen LogP contribution in [0.1, 0.15) is 15.4 Å². The number of nitriles is 1. The Bertz CT molecular complexity index is 568. The van der Waals surface area contributed by atoms with Gasteiger partial charge >= 0.3 is 0 Å². The highest BCUT2D eigenvalue weighted by Crippen LogP contribution is 2.19. The van der Waals surface area contributed by atoms with Crippen LogP contribution in [0.3, 0.4) is 0 Å². The molecule has 2 aromatic rings. The maximum Gasteiger partial charge on any atom is 0.101 e. The second-order valence-corrected chi connectivity index (χ2v) is 4.93. The fraction of sp³-hybridized carbons (Fsp3) is 0.167. The predicted molar refractivity (Wildman–Crippen MR) is 69.7 cm³/mol. The van der Waals surface area contributed by atoms with Gasteiger partial charge in [0.2, 0.25) is 0 Å². The summed E-state index contributed by atoms with van der Waals surface area (Å²) in [7, 11) is 0. The molecule has 0 atom stereocenters. The fourth-order valence-corrected chi connectivity index (χ4v) is 2.17. The molecular weight excluding hydrogens is 232 g/mol. The Kier molecular flexibility index (Phi) is 3.26. The van der Waals surface area contributed by atoms with Gasteiger partial charge in [-0.3, -0.25) is 0 Å². The first-order chi connectivity index (χ1) is 8.19.